The molecule has 3 aromatic rings. The van der Waals surface area contributed by atoms with Crippen molar-refractivity contribution < 1.29 is 23.5 Å². The van der Waals surface area contributed by atoms with Crippen LogP contribution in [0.3, 0.4) is 0 Å². The molecule has 1 aromatic heterocycles. The summed E-state index contributed by atoms with van der Waals surface area (Å²) in [5, 5.41) is 5.79. The van der Waals surface area contributed by atoms with Gasteiger partial charge in [0.2, 0.25) is 0 Å². The van der Waals surface area contributed by atoms with E-state index in [1.54, 1.807) is 24.3 Å². The number of carbonyl (C=O) groups is 2. The van der Waals surface area contributed by atoms with Crippen LogP contribution >= 0.6 is 0 Å². The molecule has 1 unspecified atom stereocenters. The van der Waals surface area contributed by atoms with Crippen molar-refractivity contribution >= 4 is 17.6 Å². The van der Waals surface area contributed by atoms with E-state index in [4.69, 9.17) is 13.9 Å². The van der Waals surface area contributed by atoms with Crippen molar-refractivity contribution in [3.05, 3.63) is 77.7 Å². The van der Waals surface area contributed by atoms with Crippen LogP contribution in [-0.2, 0) is 6.54 Å². The van der Waals surface area contributed by atoms with E-state index in [1.807, 2.05) is 35.2 Å². The third kappa shape index (κ3) is 4.64. The van der Waals surface area contributed by atoms with Crippen LogP contribution in [0.1, 0.15) is 40.6 Å². The van der Waals surface area contributed by atoms with Gasteiger partial charge in [-0.2, -0.15) is 0 Å². The van der Waals surface area contributed by atoms with Gasteiger partial charge in [0.1, 0.15) is 13.2 Å². The number of nitrogens with zero attached hydrogens (tertiary/aromatic N) is 1. The number of nitrogens with one attached hydrogen (secondary N) is 2. The van der Waals surface area contributed by atoms with Crippen molar-refractivity contribution in [2.45, 2.75) is 25.4 Å². The second-order valence-electron chi connectivity index (χ2n) is 8.04. The molecule has 3 amide bonds. The molecule has 2 N–H and O–H groups in total. The molecule has 1 saturated heterocycles. The molecular weight excluding hydrogens is 422 g/mol. The number of carbonyl (C=O) groups excluding carboxylic acids is 2. The van der Waals surface area contributed by atoms with Crippen molar-refractivity contribution in [1.82, 2.24) is 10.2 Å². The molecule has 0 aliphatic carbocycles. The van der Waals surface area contributed by atoms with Crippen LogP contribution < -0.4 is 20.1 Å². The summed E-state index contributed by atoms with van der Waals surface area (Å²) in [5.41, 5.74) is 2.66. The Morgan fingerprint density at radius 1 is 1.00 bits per heavy atom. The van der Waals surface area contributed by atoms with E-state index < -0.39 is 0 Å². The van der Waals surface area contributed by atoms with Crippen LogP contribution in [0.4, 0.5) is 10.5 Å². The Bertz CT molecular complexity index is 1130. The molecule has 1 fully saturated rings. The fourth-order valence-electron chi connectivity index (χ4n) is 4.21. The molecule has 2 aliphatic heterocycles. The van der Waals surface area contributed by atoms with Gasteiger partial charge in [-0.05, 0) is 60.4 Å². The van der Waals surface area contributed by atoms with E-state index in [-0.39, 0.29) is 23.7 Å². The predicted octanol–water partition coefficient (Wildman–Crippen LogP) is 4.35. The van der Waals surface area contributed by atoms with Gasteiger partial charge in [0.25, 0.3) is 5.91 Å². The van der Waals surface area contributed by atoms with Gasteiger partial charge < -0.3 is 29.4 Å². The molecule has 5 rings (SSSR count). The minimum absolute atomic E-state index is 0.0139. The summed E-state index contributed by atoms with van der Waals surface area (Å²) in [7, 11) is 0. The van der Waals surface area contributed by atoms with Gasteiger partial charge in [-0.25, -0.2) is 4.79 Å². The quantitative estimate of drug-likeness (QED) is 0.607. The van der Waals surface area contributed by atoms with E-state index in [9.17, 15) is 9.59 Å². The SMILES string of the molecule is O=C(Nc1ccc(CNC(=O)N2CCCC2c2ccc3c(c2)OCCO3)cc1)c1ccco1. The zero-order valence-corrected chi connectivity index (χ0v) is 18.1. The van der Waals surface area contributed by atoms with Crippen LogP contribution in [-0.4, -0.2) is 36.6 Å². The molecule has 2 aromatic carbocycles. The van der Waals surface area contributed by atoms with Crippen LogP contribution in [0.2, 0.25) is 0 Å². The third-order valence-electron chi connectivity index (χ3n) is 5.87. The molecule has 0 radical (unpaired) electrons. The van der Waals surface area contributed by atoms with Gasteiger partial charge in [-0.3, -0.25) is 4.79 Å². The number of fused-ring (bicyclic) bond motifs is 1. The number of hydrogen-bond acceptors (Lipinski definition) is 5. The smallest absolute Gasteiger partial charge is 0.318 e. The first-order valence-corrected chi connectivity index (χ1v) is 11.1. The van der Waals surface area contributed by atoms with Crippen LogP contribution in [0.25, 0.3) is 0 Å². The number of ether oxygens (including phenoxy) is 2. The maximum absolute atomic E-state index is 12.9. The van der Waals surface area contributed by atoms with Crippen molar-refractivity contribution in [3.8, 4) is 11.5 Å². The molecule has 33 heavy (non-hydrogen) atoms. The molecule has 170 valence electrons. The normalized spacial score (nSPS) is 17.0. The minimum Gasteiger partial charge on any atom is -0.486 e. The van der Waals surface area contributed by atoms with Gasteiger partial charge in [-0.15, -0.1) is 0 Å². The highest BCUT2D eigenvalue weighted by Crippen LogP contribution is 2.38. The monoisotopic (exact) mass is 447 g/mol. The zero-order valence-electron chi connectivity index (χ0n) is 18.1. The Labute approximate surface area is 191 Å². The first kappa shape index (κ1) is 20.9. The molecule has 0 bridgehead atoms. The number of furan rings is 1. The standard InChI is InChI=1S/C25H25N3O5/c29-24(22-4-2-12-31-22)27-19-8-5-17(6-9-19)16-26-25(30)28-11-1-3-20(28)18-7-10-21-23(15-18)33-14-13-32-21/h2,4-10,12,15,20H,1,3,11,13-14,16H2,(H,26,30)(H,27,29). The second kappa shape index (κ2) is 9.28. The summed E-state index contributed by atoms with van der Waals surface area (Å²) in [6.45, 7) is 2.20. The fourth-order valence-corrected chi connectivity index (χ4v) is 4.21. The number of rotatable bonds is 5. The number of urea groups is 1. The summed E-state index contributed by atoms with van der Waals surface area (Å²) in [6.07, 6.45) is 3.33. The molecule has 8 heteroatoms. The van der Waals surface area contributed by atoms with Crippen molar-refractivity contribution in [1.29, 1.82) is 0 Å². The lowest BCUT2D eigenvalue weighted by molar-refractivity contribution is 0.0996. The Morgan fingerprint density at radius 3 is 2.61 bits per heavy atom. The molecule has 1 atom stereocenters. The molecule has 0 saturated carbocycles. The maximum atomic E-state index is 12.9. The fraction of sp³-hybridized carbons (Fsp3) is 0.280. The van der Waals surface area contributed by atoms with Gasteiger partial charge in [-0.1, -0.05) is 18.2 Å². The average molecular weight is 447 g/mol. The number of amides is 3. The topological polar surface area (TPSA) is 93.0 Å². The van der Waals surface area contributed by atoms with Gasteiger partial charge in [0.05, 0.1) is 12.3 Å². The van der Waals surface area contributed by atoms with Gasteiger partial charge in [0.15, 0.2) is 17.3 Å². The molecular formula is C25H25N3O5. The predicted molar refractivity (Wildman–Crippen MR) is 121 cm³/mol. The number of anilines is 1. The highest BCUT2D eigenvalue weighted by atomic mass is 16.6. The summed E-state index contributed by atoms with van der Waals surface area (Å²) in [4.78, 5) is 26.9. The number of likely N-dealkylation sites (tertiary alicyclic amines) is 1. The van der Waals surface area contributed by atoms with Gasteiger partial charge >= 0.3 is 6.03 Å². The van der Waals surface area contributed by atoms with Crippen molar-refractivity contribution in [3.63, 3.8) is 0 Å². The summed E-state index contributed by atoms with van der Waals surface area (Å²) < 4.78 is 16.4. The van der Waals surface area contributed by atoms with Crippen LogP contribution in [0.15, 0.2) is 65.3 Å². The maximum Gasteiger partial charge on any atom is 0.318 e. The Kier molecular flexibility index (Phi) is 5.89. The van der Waals surface area contributed by atoms with Crippen molar-refractivity contribution in [2.24, 2.45) is 0 Å². The van der Waals surface area contributed by atoms with E-state index in [1.165, 1.54) is 6.26 Å². The third-order valence-corrected chi connectivity index (χ3v) is 5.87. The van der Waals surface area contributed by atoms with E-state index in [0.717, 1.165) is 35.5 Å². The van der Waals surface area contributed by atoms with Crippen LogP contribution in [0, 0.1) is 0 Å². The largest absolute Gasteiger partial charge is 0.486 e. The first-order valence-electron chi connectivity index (χ1n) is 11.1. The summed E-state index contributed by atoms with van der Waals surface area (Å²) in [6, 6.07) is 16.5. The van der Waals surface area contributed by atoms with Crippen LogP contribution in [0.5, 0.6) is 11.5 Å². The highest BCUT2D eigenvalue weighted by molar-refractivity contribution is 6.02. The van der Waals surface area contributed by atoms with E-state index in [0.29, 0.717) is 32.0 Å². The number of benzene rings is 2. The summed E-state index contributed by atoms with van der Waals surface area (Å²) in [5.74, 6) is 1.44. The zero-order chi connectivity index (χ0) is 22.6. The lowest BCUT2D eigenvalue weighted by Crippen LogP contribution is -2.39. The van der Waals surface area contributed by atoms with Gasteiger partial charge in [0, 0.05) is 18.8 Å². The average Bonchev–Trinajstić information content (AvgIpc) is 3.56. The molecule has 0 spiro atoms. The van der Waals surface area contributed by atoms with E-state index in [2.05, 4.69) is 10.6 Å². The first-order chi connectivity index (χ1) is 16.2. The molecule has 2 aliphatic rings. The lowest BCUT2D eigenvalue weighted by Gasteiger charge is -2.27. The Hall–Kier alpha value is -3.94. The highest BCUT2D eigenvalue weighted by Gasteiger charge is 2.30. The lowest BCUT2D eigenvalue weighted by atomic mass is 10.0. The second-order valence-corrected chi connectivity index (χ2v) is 8.04. The summed E-state index contributed by atoms with van der Waals surface area (Å²) >= 11 is 0. The Morgan fingerprint density at radius 2 is 1.82 bits per heavy atom. The number of hydrogen-bond donors (Lipinski definition) is 2. The Balaban J connectivity index is 1.18. The molecule has 3 heterocycles. The van der Waals surface area contributed by atoms with E-state index >= 15 is 0 Å². The minimum atomic E-state index is -0.305. The molecule has 8 nitrogen and oxygen atoms in total. The van der Waals surface area contributed by atoms with Crippen molar-refractivity contribution in [2.75, 3.05) is 25.1 Å².